The first-order valence-electron chi connectivity index (χ1n) is 11.8. The molecule has 1 N–H and O–H groups in total. The monoisotopic (exact) mass is 382 g/mol. The van der Waals surface area contributed by atoms with Crippen molar-refractivity contribution in [2.45, 2.75) is 136 Å². The average Bonchev–Trinajstić information content (AvgIpc) is 2.60. The Morgan fingerprint density at radius 2 is 1.00 bits per heavy atom. The van der Waals surface area contributed by atoms with Crippen LogP contribution < -0.4 is 0 Å². The van der Waals surface area contributed by atoms with Crippen molar-refractivity contribution in [1.29, 1.82) is 0 Å². The summed E-state index contributed by atoms with van der Waals surface area (Å²) in [4.78, 5) is 22.4. The van der Waals surface area contributed by atoms with Crippen molar-refractivity contribution in [3.8, 4) is 0 Å². The standard InChI is InChI=1S/C24H46O3/c1-3-4-5-6-7-8-9-10-11-12-13-14-15-16-17-18-19-23(25)20-22(2)21-24(26)27/h22H,3-21H2,1-2H3,(H,26,27)/t22-/m0/s1. The van der Waals surface area contributed by atoms with Crippen LogP contribution in [0.2, 0.25) is 0 Å². The Balaban J connectivity index is 3.20. The Morgan fingerprint density at radius 3 is 1.37 bits per heavy atom. The molecule has 3 nitrogen and oxygen atoms in total. The number of carbonyl (C=O) groups excluding carboxylic acids is 1. The normalized spacial score (nSPS) is 12.2. The summed E-state index contributed by atoms with van der Waals surface area (Å²) in [7, 11) is 0. The van der Waals surface area contributed by atoms with Gasteiger partial charge in [-0.2, -0.15) is 0 Å². The molecule has 0 radical (unpaired) electrons. The number of carboxylic acid groups (broad SMARTS) is 1. The molecule has 0 aromatic rings. The van der Waals surface area contributed by atoms with Crippen molar-refractivity contribution < 1.29 is 14.7 Å². The quantitative estimate of drug-likeness (QED) is 0.207. The molecule has 0 spiro atoms. The Bertz CT molecular complexity index is 352. The second kappa shape index (κ2) is 19.9. The highest BCUT2D eigenvalue weighted by molar-refractivity contribution is 5.79. The summed E-state index contributed by atoms with van der Waals surface area (Å²) < 4.78 is 0. The maximum absolute atomic E-state index is 11.8. The van der Waals surface area contributed by atoms with Gasteiger partial charge in [-0.25, -0.2) is 0 Å². The van der Waals surface area contributed by atoms with Crippen LogP contribution in [0.4, 0.5) is 0 Å². The van der Waals surface area contributed by atoms with Crippen molar-refractivity contribution in [1.82, 2.24) is 0 Å². The minimum atomic E-state index is -0.808. The lowest BCUT2D eigenvalue weighted by Gasteiger charge is -2.07. The van der Waals surface area contributed by atoms with Gasteiger partial charge in [-0.3, -0.25) is 9.59 Å². The van der Waals surface area contributed by atoms with Crippen LogP contribution in [0.5, 0.6) is 0 Å². The molecule has 0 unspecified atom stereocenters. The zero-order valence-electron chi connectivity index (χ0n) is 18.3. The van der Waals surface area contributed by atoms with Gasteiger partial charge in [-0.05, 0) is 12.3 Å². The second-order valence-corrected chi connectivity index (χ2v) is 8.50. The Kier molecular flexibility index (Phi) is 19.3. The van der Waals surface area contributed by atoms with Gasteiger partial charge in [0.2, 0.25) is 0 Å². The van der Waals surface area contributed by atoms with Crippen LogP contribution in [0, 0.1) is 5.92 Å². The average molecular weight is 383 g/mol. The first-order valence-corrected chi connectivity index (χ1v) is 11.8. The summed E-state index contributed by atoms with van der Waals surface area (Å²) in [5, 5.41) is 8.71. The van der Waals surface area contributed by atoms with Crippen molar-refractivity contribution in [3.05, 3.63) is 0 Å². The van der Waals surface area contributed by atoms with Gasteiger partial charge < -0.3 is 5.11 Å². The highest BCUT2D eigenvalue weighted by Gasteiger charge is 2.12. The van der Waals surface area contributed by atoms with Crippen molar-refractivity contribution >= 4 is 11.8 Å². The van der Waals surface area contributed by atoms with Crippen molar-refractivity contribution in [2.75, 3.05) is 0 Å². The van der Waals surface area contributed by atoms with E-state index in [1.165, 1.54) is 89.9 Å². The molecule has 0 bridgehead atoms. The number of unbranched alkanes of at least 4 members (excludes halogenated alkanes) is 15. The molecule has 0 aliphatic rings. The molecule has 0 saturated carbocycles. The topological polar surface area (TPSA) is 54.4 Å². The van der Waals surface area contributed by atoms with Crippen LogP contribution in [0.15, 0.2) is 0 Å². The molecule has 0 aromatic heterocycles. The van der Waals surface area contributed by atoms with Gasteiger partial charge in [0, 0.05) is 19.3 Å². The van der Waals surface area contributed by atoms with E-state index in [4.69, 9.17) is 5.11 Å². The van der Waals surface area contributed by atoms with Crippen LogP contribution in [0.3, 0.4) is 0 Å². The number of hydrogen-bond donors (Lipinski definition) is 1. The van der Waals surface area contributed by atoms with E-state index < -0.39 is 5.97 Å². The number of Topliss-reactive ketones (excluding diaryl/α,β-unsaturated/α-hetero) is 1. The van der Waals surface area contributed by atoms with Crippen molar-refractivity contribution in [2.24, 2.45) is 5.92 Å². The van der Waals surface area contributed by atoms with Gasteiger partial charge in [0.25, 0.3) is 0 Å². The third kappa shape index (κ3) is 21.3. The van der Waals surface area contributed by atoms with Gasteiger partial charge in [0.05, 0.1) is 0 Å². The lowest BCUT2D eigenvalue weighted by atomic mass is 9.98. The first kappa shape index (κ1) is 26.1. The van der Waals surface area contributed by atoms with E-state index in [-0.39, 0.29) is 18.1 Å². The first-order chi connectivity index (χ1) is 13.1. The fraction of sp³-hybridized carbons (Fsp3) is 0.917. The number of carbonyl (C=O) groups is 2. The van der Waals surface area contributed by atoms with Gasteiger partial charge in [-0.1, -0.05) is 110 Å². The van der Waals surface area contributed by atoms with Crippen LogP contribution in [0.1, 0.15) is 136 Å². The summed E-state index contributed by atoms with van der Waals surface area (Å²) >= 11 is 0. The largest absolute Gasteiger partial charge is 0.481 e. The summed E-state index contributed by atoms with van der Waals surface area (Å²) in [6.07, 6.45) is 22.6. The number of ketones is 1. The van der Waals surface area contributed by atoms with E-state index in [0.29, 0.717) is 12.8 Å². The predicted octanol–water partition coefficient (Wildman–Crippen LogP) is 7.71. The van der Waals surface area contributed by atoms with E-state index in [2.05, 4.69) is 6.92 Å². The zero-order valence-corrected chi connectivity index (χ0v) is 18.3. The molecular weight excluding hydrogens is 336 g/mol. The summed E-state index contributed by atoms with van der Waals surface area (Å²) in [5.41, 5.74) is 0. The number of rotatable bonds is 21. The zero-order chi connectivity index (χ0) is 20.2. The van der Waals surface area contributed by atoms with Gasteiger partial charge in [0.15, 0.2) is 0 Å². The number of aliphatic carboxylic acids is 1. The van der Waals surface area contributed by atoms with Crippen LogP contribution in [0.25, 0.3) is 0 Å². The number of carboxylic acids is 1. The van der Waals surface area contributed by atoms with Crippen LogP contribution in [-0.2, 0) is 9.59 Å². The molecule has 0 aliphatic carbocycles. The molecule has 0 rings (SSSR count). The molecule has 0 amide bonds. The molecule has 3 heteroatoms. The van der Waals surface area contributed by atoms with E-state index >= 15 is 0 Å². The molecule has 1 atom stereocenters. The third-order valence-corrected chi connectivity index (χ3v) is 5.41. The molecule has 160 valence electrons. The fourth-order valence-electron chi connectivity index (χ4n) is 3.73. The maximum Gasteiger partial charge on any atom is 0.303 e. The van der Waals surface area contributed by atoms with Gasteiger partial charge in [-0.15, -0.1) is 0 Å². The summed E-state index contributed by atoms with van der Waals surface area (Å²) in [6.45, 7) is 4.12. The van der Waals surface area contributed by atoms with E-state index in [9.17, 15) is 9.59 Å². The molecule has 0 aliphatic heterocycles. The predicted molar refractivity (Wildman–Crippen MR) is 115 cm³/mol. The van der Waals surface area contributed by atoms with Crippen LogP contribution >= 0.6 is 0 Å². The number of hydrogen-bond acceptors (Lipinski definition) is 2. The van der Waals surface area contributed by atoms with Gasteiger partial charge in [0.1, 0.15) is 5.78 Å². The lowest BCUT2D eigenvalue weighted by molar-refractivity contribution is -0.138. The maximum atomic E-state index is 11.8. The molecule has 0 heterocycles. The smallest absolute Gasteiger partial charge is 0.303 e. The van der Waals surface area contributed by atoms with Crippen LogP contribution in [-0.4, -0.2) is 16.9 Å². The highest BCUT2D eigenvalue weighted by Crippen LogP contribution is 2.15. The minimum Gasteiger partial charge on any atom is -0.481 e. The Labute approximate surface area is 168 Å². The fourth-order valence-corrected chi connectivity index (χ4v) is 3.73. The summed E-state index contributed by atoms with van der Waals surface area (Å²) in [6, 6.07) is 0. The van der Waals surface area contributed by atoms with E-state index in [1.807, 2.05) is 6.92 Å². The van der Waals surface area contributed by atoms with E-state index in [1.54, 1.807) is 0 Å². The Morgan fingerprint density at radius 1 is 0.630 bits per heavy atom. The highest BCUT2D eigenvalue weighted by atomic mass is 16.4. The second-order valence-electron chi connectivity index (χ2n) is 8.50. The SMILES string of the molecule is CCCCCCCCCCCCCCCCCCC(=O)C[C@H](C)CC(=O)O. The summed E-state index contributed by atoms with van der Waals surface area (Å²) in [5.74, 6) is -0.608. The van der Waals surface area contributed by atoms with Gasteiger partial charge >= 0.3 is 5.97 Å². The minimum absolute atomic E-state index is 0.0314. The van der Waals surface area contributed by atoms with E-state index in [0.717, 1.165) is 12.8 Å². The Hall–Kier alpha value is -0.860. The molecule has 0 saturated heterocycles. The molecule has 0 aromatic carbocycles. The molecule has 0 fully saturated rings. The lowest BCUT2D eigenvalue weighted by Crippen LogP contribution is -2.09. The molecular formula is C24H46O3. The van der Waals surface area contributed by atoms with Crippen molar-refractivity contribution in [3.63, 3.8) is 0 Å². The molecule has 27 heavy (non-hydrogen) atoms. The third-order valence-electron chi connectivity index (χ3n) is 5.41.